The van der Waals surface area contributed by atoms with Crippen LogP contribution in [0.3, 0.4) is 0 Å². The molecule has 7 nitrogen and oxygen atoms in total. The van der Waals surface area contributed by atoms with Crippen LogP contribution in [-0.4, -0.2) is 37.4 Å². The molecule has 0 saturated heterocycles. The second-order valence-corrected chi connectivity index (χ2v) is 4.52. The third kappa shape index (κ3) is 5.60. The van der Waals surface area contributed by atoms with Gasteiger partial charge in [0.15, 0.2) is 11.5 Å². The maximum absolute atomic E-state index is 11.6. The molecular weight excluding hydrogens is 276 g/mol. The average Bonchev–Trinajstić information content (AvgIpc) is 2.43. The maximum Gasteiger partial charge on any atom is 0.315 e. The molecule has 1 rings (SSSR count). The van der Waals surface area contributed by atoms with E-state index in [9.17, 15) is 9.59 Å². The van der Waals surface area contributed by atoms with Crippen molar-refractivity contribution in [2.75, 3.05) is 14.2 Å². The van der Waals surface area contributed by atoms with Crippen LogP contribution in [0.1, 0.15) is 18.9 Å². The number of amides is 2. The van der Waals surface area contributed by atoms with E-state index in [1.165, 1.54) is 7.11 Å². The number of aliphatic carboxylic acids is 1. The zero-order valence-electron chi connectivity index (χ0n) is 12.3. The van der Waals surface area contributed by atoms with Gasteiger partial charge in [-0.15, -0.1) is 0 Å². The van der Waals surface area contributed by atoms with Crippen molar-refractivity contribution < 1.29 is 24.2 Å². The number of carbonyl (C=O) groups excluding carboxylic acids is 1. The van der Waals surface area contributed by atoms with Crippen molar-refractivity contribution in [1.82, 2.24) is 10.6 Å². The lowest BCUT2D eigenvalue weighted by molar-refractivity contribution is -0.137. The molecule has 1 aromatic carbocycles. The second kappa shape index (κ2) is 7.98. The number of nitrogens with one attached hydrogen (secondary N) is 2. The van der Waals surface area contributed by atoms with Gasteiger partial charge in [0, 0.05) is 12.6 Å². The van der Waals surface area contributed by atoms with E-state index in [4.69, 9.17) is 14.6 Å². The third-order valence-corrected chi connectivity index (χ3v) is 2.76. The normalized spacial score (nSPS) is 11.4. The molecule has 0 heterocycles. The predicted octanol–water partition coefficient (Wildman–Crippen LogP) is 1.37. The summed E-state index contributed by atoms with van der Waals surface area (Å²) in [4.78, 5) is 22.1. The molecule has 0 radical (unpaired) electrons. The Morgan fingerprint density at radius 3 is 2.48 bits per heavy atom. The highest BCUT2D eigenvalue weighted by Crippen LogP contribution is 2.27. The van der Waals surface area contributed by atoms with Gasteiger partial charge in [-0.3, -0.25) is 4.79 Å². The molecule has 1 atom stereocenters. The maximum atomic E-state index is 11.6. The summed E-state index contributed by atoms with van der Waals surface area (Å²) in [6.07, 6.45) is -0.121. The molecule has 0 aromatic heterocycles. The molecule has 0 aliphatic carbocycles. The van der Waals surface area contributed by atoms with Gasteiger partial charge in [0.2, 0.25) is 0 Å². The molecular formula is C14H20N2O5. The Kier molecular flexibility index (Phi) is 6.32. The lowest BCUT2D eigenvalue weighted by atomic mass is 10.2. The summed E-state index contributed by atoms with van der Waals surface area (Å²) in [6.45, 7) is 1.93. The topological polar surface area (TPSA) is 96.9 Å². The van der Waals surface area contributed by atoms with E-state index in [-0.39, 0.29) is 6.42 Å². The molecule has 0 bridgehead atoms. The van der Waals surface area contributed by atoms with Crippen LogP contribution < -0.4 is 20.1 Å². The molecule has 116 valence electrons. The van der Waals surface area contributed by atoms with Crippen molar-refractivity contribution >= 4 is 12.0 Å². The number of carboxylic acid groups (broad SMARTS) is 1. The van der Waals surface area contributed by atoms with Crippen LogP contribution in [-0.2, 0) is 11.3 Å². The van der Waals surface area contributed by atoms with E-state index < -0.39 is 18.0 Å². The monoisotopic (exact) mass is 296 g/mol. The van der Waals surface area contributed by atoms with Crippen LogP contribution >= 0.6 is 0 Å². The van der Waals surface area contributed by atoms with Crippen LogP contribution in [0.2, 0.25) is 0 Å². The molecule has 1 aromatic rings. The smallest absolute Gasteiger partial charge is 0.315 e. The Labute approximate surface area is 123 Å². The first kappa shape index (κ1) is 16.6. The quantitative estimate of drug-likeness (QED) is 0.706. The van der Waals surface area contributed by atoms with Crippen molar-refractivity contribution in [1.29, 1.82) is 0 Å². The van der Waals surface area contributed by atoms with Crippen molar-refractivity contribution in [2.45, 2.75) is 25.9 Å². The summed E-state index contributed by atoms with van der Waals surface area (Å²) >= 11 is 0. The number of carbonyl (C=O) groups is 2. The molecule has 7 heteroatoms. The fourth-order valence-corrected chi connectivity index (χ4v) is 1.76. The Hall–Kier alpha value is -2.44. The first-order valence-electron chi connectivity index (χ1n) is 6.43. The Morgan fingerprint density at radius 2 is 1.90 bits per heavy atom. The van der Waals surface area contributed by atoms with Gasteiger partial charge in [-0.25, -0.2) is 4.79 Å². The Balaban J connectivity index is 2.51. The zero-order chi connectivity index (χ0) is 15.8. The van der Waals surface area contributed by atoms with Crippen molar-refractivity contribution in [2.24, 2.45) is 0 Å². The first-order chi connectivity index (χ1) is 9.96. The first-order valence-corrected chi connectivity index (χ1v) is 6.43. The number of hydrogen-bond acceptors (Lipinski definition) is 4. The van der Waals surface area contributed by atoms with Gasteiger partial charge < -0.3 is 25.2 Å². The van der Waals surface area contributed by atoms with E-state index >= 15 is 0 Å². The van der Waals surface area contributed by atoms with E-state index in [0.717, 1.165) is 5.56 Å². The van der Waals surface area contributed by atoms with Gasteiger partial charge in [-0.1, -0.05) is 6.07 Å². The van der Waals surface area contributed by atoms with Crippen molar-refractivity contribution in [3.63, 3.8) is 0 Å². The summed E-state index contributed by atoms with van der Waals surface area (Å²) < 4.78 is 10.3. The fraction of sp³-hybridized carbons (Fsp3) is 0.429. The summed E-state index contributed by atoms with van der Waals surface area (Å²) in [7, 11) is 3.09. The van der Waals surface area contributed by atoms with Gasteiger partial charge in [-0.05, 0) is 24.6 Å². The Morgan fingerprint density at radius 1 is 1.24 bits per heavy atom. The van der Waals surface area contributed by atoms with Crippen molar-refractivity contribution in [3.8, 4) is 11.5 Å². The van der Waals surface area contributed by atoms with Gasteiger partial charge in [0.25, 0.3) is 0 Å². The van der Waals surface area contributed by atoms with Crippen LogP contribution in [0.25, 0.3) is 0 Å². The fourth-order valence-electron chi connectivity index (χ4n) is 1.76. The lowest BCUT2D eigenvalue weighted by Gasteiger charge is -2.13. The van der Waals surface area contributed by atoms with Gasteiger partial charge in [0.05, 0.1) is 20.6 Å². The Bertz CT molecular complexity index is 504. The molecule has 0 spiro atoms. The zero-order valence-corrected chi connectivity index (χ0v) is 12.3. The number of benzene rings is 1. The van der Waals surface area contributed by atoms with E-state index in [2.05, 4.69) is 10.6 Å². The third-order valence-electron chi connectivity index (χ3n) is 2.76. The van der Waals surface area contributed by atoms with Crippen LogP contribution in [0.5, 0.6) is 11.5 Å². The molecule has 0 aliphatic heterocycles. The number of ether oxygens (including phenoxy) is 2. The standard InChI is InChI=1S/C14H20N2O5/c1-9(6-13(17)18)16-14(19)15-8-10-4-5-11(20-2)12(7-10)21-3/h4-5,7,9H,6,8H2,1-3H3,(H,17,18)(H2,15,16,19). The molecule has 0 saturated carbocycles. The minimum absolute atomic E-state index is 0.121. The number of methoxy groups -OCH3 is 2. The SMILES string of the molecule is COc1ccc(CNC(=O)NC(C)CC(=O)O)cc1OC. The number of hydrogen-bond donors (Lipinski definition) is 3. The molecule has 2 amide bonds. The van der Waals surface area contributed by atoms with Gasteiger partial charge in [-0.2, -0.15) is 0 Å². The highest BCUT2D eigenvalue weighted by Gasteiger charge is 2.11. The van der Waals surface area contributed by atoms with Crippen LogP contribution in [0.4, 0.5) is 4.79 Å². The molecule has 0 fully saturated rings. The lowest BCUT2D eigenvalue weighted by Crippen LogP contribution is -2.41. The van der Waals surface area contributed by atoms with Gasteiger partial charge in [0.1, 0.15) is 0 Å². The van der Waals surface area contributed by atoms with Crippen molar-refractivity contribution in [3.05, 3.63) is 23.8 Å². The predicted molar refractivity (Wildman–Crippen MR) is 76.6 cm³/mol. The average molecular weight is 296 g/mol. The molecule has 3 N–H and O–H groups in total. The molecule has 1 unspecified atom stereocenters. The second-order valence-electron chi connectivity index (χ2n) is 4.52. The summed E-state index contributed by atoms with van der Waals surface area (Å²) in [5.74, 6) is 0.236. The number of rotatable bonds is 7. The highest BCUT2D eigenvalue weighted by molar-refractivity contribution is 5.75. The minimum atomic E-state index is -0.956. The molecule has 21 heavy (non-hydrogen) atoms. The van der Waals surface area contributed by atoms with E-state index in [1.807, 2.05) is 6.07 Å². The largest absolute Gasteiger partial charge is 0.493 e. The van der Waals surface area contributed by atoms with Crippen LogP contribution in [0, 0.1) is 0 Å². The van der Waals surface area contributed by atoms with Gasteiger partial charge >= 0.3 is 12.0 Å². The number of carboxylic acids is 1. The minimum Gasteiger partial charge on any atom is -0.493 e. The van der Waals surface area contributed by atoms with E-state index in [0.29, 0.717) is 18.0 Å². The summed E-state index contributed by atoms with van der Waals surface area (Å²) in [5.41, 5.74) is 0.841. The van der Waals surface area contributed by atoms with Crippen LogP contribution in [0.15, 0.2) is 18.2 Å². The highest BCUT2D eigenvalue weighted by atomic mass is 16.5. The number of urea groups is 1. The van der Waals surface area contributed by atoms with E-state index in [1.54, 1.807) is 26.2 Å². The summed E-state index contributed by atoms with van der Waals surface area (Å²) in [5, 5.41) is 13.8. The summed E-state index contributed by atoms with van der Waals surface area (Å²) in [6, 6.07) is 4.47. The molecule has 0 aliphatic rings.